The quantitative estimate of drug-likeness (QED) is 0.822. The number of likely N-dealkylation sites (N-methyl/N-ethyl adjacent to an activating group) is 1. The zero-order valence-electron chi connectivity index (χ0n) is 13.8. The number of carbonyl (C=O) groups is 1. The second-order valence-corrected chi connectivity index (χ2v) is 7.04. The molecule has 0 bridgehead atoms. The summed E-state index contributed by atoms with van der Waals surface area (Å²) in [6, 6.07) is 0.323. The first-order chi connectivity index (χ1) is 10.7. The minimum Gasteiger partial charge on any atom is -0.379 e. The van der Waals surface area contributed by atoms with E-state index in [2.05, 4.69) is 22.2 Å². The molecule has 126 valence electrons. The van der Waals surface area contributed by atoms with Crippen molar-refractivity contribution in [1.29, 1.82) is 0 Å². The van der Waals surface area contributed by atoms with E-state index < -0.39 is 0 Å². The average molecular weight is 310 g/mol. The summed E-state index contributed by atoms with van der Waals surface area (Å²) in [6.07, 6.45) is 3.23. The number of likely N-dealkylation sites (tertiary alicyclic amines) is 1. The normalized spacial score (nSPS) is 29.0. The fourth-order valence-electron chi connectivity index (χ4n) is 3.63. The van der Waals surface area contributed by atoms with Crippen molar-refractivity contribution in [2.45, 2.75) is 25.3 Å². The van der Waals surface area contributed by atoms with Crippen LogP contribution in [-0.4, -0.2) is 92.8 Å². The number of nitrogens with zero attached hydrogens (tertiary/aromatic N) is 3. The molecule has 22 heavy (non-hydrogen) atoms. The summed E-state index contributed by atoms with van der Waals surface area (Å²) in [5, 5.41) is 3.10. The second-order valence-electron chi connectivity index (χ2n) is 7.04. The Bertz CT molecular complexity index is 357. The number of hydrogen-bond donors (Lipinski definition) is 1. The van der Waals surface area contributed by atoms with E-state index in [1.54, 1.807) is 0 Å². The molecule has 3 fully saturated rings. The van der Waals surface area contributed by atoms with Crippen molar-refractivity contribution < 1.29 is 9.53 Å². The minimum absolute atomic E-state index is 0.105. The number of carbonyl (C=O) groups excluding carboxylic acids is 1. The summed E-state index contributed by atoms with van der Waals surface area (Å²) in [5.74, 6) is 0.752. The minimum atomic E-state index is 0.105. The summed E-state index contributed by atoms with van der Waals surface area (Å²) in [6.45, 7) is 9.21. The zero-order chi connectivity index (χ0) is 15.4. The molecule has 1 atom stereocenters. The molecule has 0 saturated carbocycles. The summed E-state index contributed by atoms with van der Waals surface area (Å²) in [7, 11) is 2.20. The first-order valence-corrected chi connectivity index (χ1v) is 8.75. The lowest BCUT2D eigenvalue weighted by molar-refractivity contribution is 0.110. The van der Waals surface area contributed by atoms with Crippen LogP contribution in [0, 0.1) is 5.92 Å². The van der Waals surface area contributed by atoms with E-state index in [-0.39, 0.29) is 12.1 Å². The molecule has 0 aromatic heterocycles. The van der Waals surface area contributed by atoms with Crippen LogP contribution in [0.2, 0.25) is 0 Å². The van der Waals surface area contributed by atoms with Gasteiger partial charge in [0.25, 0.3) is 0 Å². The molecule has 0 spiro atoms. The van der Waals surface area contributed by atoms with Crippen LogP contribution < -0.4 is 5.32 Å². The predicted molar refractivity (Wildman–Crippen MR) is 86.0 cm³/mol. The Labute approximate surface area is 133 Å². The van der Waals surface area contributed by atoms with E-state index in [1.807, 2.05) is 4.90 Å². The molecule has 6 heteroatoms. The van der Waals surface area contributed by atoms with Gasteiger partial charge in [-0.05, 0) is 32.2 Å². The van der Waals surface area contributed by atoms with E-state index in [0.29, 0.717) is 6.61 Å². The highest BCUT2D eigenvalue weighted by atomic mass is 16.5. The Kier molecular flexibility index (Phi) is 5.55. The van der Waals surface area contributed by atoms with Crippen molar-refractivity contribution in [3.05, 3.63) is 0 Å². The predicted octanol–water partition coefficient (Wildman–Crippen LogP) is 0.444. The van der Waals surface area contributed by atoms with Crippen molar-refractivity contribution >= 4 is 6.03 Å². The van der Waals surface area contributed by atoms with E-state index in [9.17, 15) is 4.79 Å². The maximum absolute atomic E-state index is 12.2. The van der Waals surface area contributed by atoms with Gasteiger partial charge >= 0.3 is 6.03 Å². The highest BCUT2D eigenvalue weighted by Gasteiger charge is 2.27. The molecule has 0 aliphatic carbocycles. The average Bonchev–Trinajstić information content (AvgIpc) is 3.03. The smallest absolute Gasteiger partial charge is 0.317 e. The molecule has 3 rings (SSSR count). The van der Waals surface area contributed by atoms with Crippen molar-refractivity contribution in [3.8, 4) is 0 Å². The molecule has 6 nitrogen and oxygen atoms in total. The van der Waals surface area contributed by atoms with Gasteiger partial charge in [-0.1, -0.05) is 0 Å². The van der Waals surface area contributed by atoms with Crippen LogP contribution in [0.15, 0.2) is 0 Å². The molecular formula is C16H30N4O2. The SMILES string of the molecule is CN1CCN(CC2CCN(C(=O)NC3CCOC3)CC2)CC1. The highest BCUT2D eigenvalue weighted by molar-refractivity contribution is 5.74. The van der Waals surface area contributed by atoms with Crippen LogP contribution in [0.25, 0.3) is 0 Å². The fraction of sp³-hybridized carbons (Fsp3) is 0.938. The molecule has 1 unspecified atom stereocenters. The summed E-state index contributed by atoms with van der Waals surface area (Å²) in [4.78, 5) is 19.2. The first-order valence-electron chi connectivity index (χ1n) is 8.75. The van der Waals surface area contributed by atoms with Gasteiger partial charge in [0.15, 0.2) is 0 Å². The number of amides is 2. The Morgan fingerprint density at radius 3 is 2.45 bits per heavy atom. The summed E-state index contributed by atoms with van der Waals surface area (Å²) < 4.78 is 5.31. The molecular weight excluding hydrogens is 280 g/mol. The van der Waals surface area contributed by atoms with Crippen LogP contribution in [-0.2, 0) is 4.74 Å². The third-order valence-corrected chi connectivity index (χ3v) is 5.27. The largest absolute Gasteiger partial charge is 0.379 e. The molecule has 2 amide bonds. The van der Waals surface area contributed by atoms with Gasteiger partial charge in [0.05, 0.1) is 12.6 Å². The van der Waals surface area contributed by atoms with E-state index in [1.165, 1.54) is 32.7 Å². The van der Waals surface area contributed by atoms with Gasteiger partial charge in [-0.3, -0.25) is 0 Å². The lowest BCUT2D eigenvalue weighted by atomic mass is 9.96. The Hall–Kier alpha value is -0.850. The third-order valence-electron chi connectivity index (χ3n) is 5.27. The summed E-state index contributed by atoms with van der Waals surface area (Å²) >= 11 is 0. The molecule has 3 heterocycles. The lowest BCUT2D eigenvalue weighted by Gasteiger charge is -2.38. The van der Waals surface area contributed by atoms with Crippen LogP contribution in [0.4, 0.5) is 4.79 Å². The van der Waals surface area contributed by atoms with Gasteiger partial charge in [0.1, 0.15) is 0 Å². The molecule has 0 aromatic carbocycles. The van der Waals surface area contributed by atoms with Crippen molar-refractivity contribution in [3.63, 3.8) is 0 Å². The number of hydrogen-bond acceptors (Lipinski definition) is 4. The first kappa shape index (κ1) is 16.0. The van der Waals surface area contributed by atoms with Crippen LogP contribution >= 0.6 is 0 Å². The zero-order valence-corrected chi connectivity index (χ0v) is 13.8. The van der Waals surface area contributed by atoms with Crippen molar-refractivity contribution in [1.82, 2.24) is 20.0 Å². The van der Waals surface area contributed by atoms with E-state index in [0.717, 1.165) is 44.9 Å². The number of ether oxygens (including phenoxy) is 1. The molecule has 1 N–H and O–H groups in total. The molecule has 3 aliphatic heterocycles. The Balaban J connectivity index is 1.35. The lowest BCUT2D eigenvalue weighted by Crippen LogP contribution is -2.50. The van der Waals surface area contributed by atoms with Gasteiger partial charge in [0, 0.05) is 52.4 Å². The van der Waals surface area contributed by atoms with Gasteiger partial charge in [-0.2, -0.15) is 0 Å². The maximum Gasteiger partial charge on any atom is 0.317 e. The van der Waals surface area contributed by atoms with Gasteiger partial charge in [0.2, 0.25) is 0 Å². The van der Waals surface area contributed by atoms with Crippen LogP contribution in [0.1, 0.15) is 19.3 Å². The number of rotatable bonds is 3. The highest BCUT2D eigenvalue weighted by Crippen LogP contribution is 2.19. The Morgan fingerprint density at radius 2 is 1.82 bits per heavy atom. The van der Waals surface area contributed by atoms with Gasteiger partial charge in [-0.15, -0.1) is 0 Å². The van der Waals surface area contributed by atoms with E-state index in [4.69, 9.17) is 4.74 Å². The number of piperazine rings is 1. The number of piperidine rings is 1. The monoisotopic (exact) mass is 310 g/mol. The van der Waals surface area contributed by atoms with Crippen molar-refractivity contribution in [2.24, 2.45) is 5.92 Å². The fourth-order valence-corrected chi connectivity index (χ4v) is 3.63. The summed E-state index contributed by atoms with van der Waals surface area (Å²) in [5.41, 5.74) is 0. The number of nitrogens with one attached hydrogen (secondary N) is 1. The van der Waals surface area contributed by atoms with Gasteiger partial charge < -0.3 is 24.8 Å². The third kappa shape index (κ3) is 4.33. The van der Waals surface area contributed by atoms with Crippen LogP contribution in [0.5, 0.6) is 0 Å². The molecule has 0 radical (unpaired) electrons. The number of urea groups is 1. The van der Waals surface area contributed by atoms with Gasteiger partial charge in [-0.25, -0.2) is 4.79 Å². The molecule has 3 aliphatic rings. The molecule has 3 saturated heterocycles. The topological polar surface area (TPSA) is 48.0 Å². The van der Waals surface area contributed by atoms with E-state index >= 15 is 0 Å². The maximum atomic E-state index is 12.2. The molecule has 0 aromatic rings. The second kappa shape index (κ2) is 7.62. The standard InChI is InChI=1S/C16H30N4O2/c1-18-7-9-19(10-8-18)12-14-2-5-20(6-3-14)16(21)17-15-4-11-22-13-15/h14-15H,2-13H2,1H3,(H,17,21). The van der Waals surface area contributed by atoms with Crippen molar-refractivity contribution in [2.75, 3.05) is 66.1 Å². The van der Waals surface area contributed by atoms with Crippen LogP contribution in [0.3, 0.4) is 0 Å². The Morgan fingerprint density at radius 1 is 1.09 bits per heavy atom.